The van der Waals surface area contributed by atoms with Gasteiger partial charge < -0.3 is 0 Å². The van der Waals surface area contributed by atoms with Gasteiger partial charge in [0.2, 0.25) is 0 Å². The Morgan fingerprint density at radius 2 is 1.17 bits per heavy atom. The Bertz CT molecular complexity index is 1270. The van der Waals surface area contributed by atoms with E-state index >= 15 is 0 Å². The van der Waals surface area contributed by atoms with Gasteiger partial charge in [-0.3, -0.25) is 9.44 Å². The normalized spacial score (nSPS) is 11.8. The molecule has 0 unspecified atom stereocenters. The van der Waals surface area contributed by atoms with Crippen LogP contribution in [0.5, 0.6) is 0 Å². The Labute approximate surface area is 171 Å². The zero-order chi connectivity index (χ0) is 21.2. The van der Waals surface area contributed by atoms with Crippen molar-refractivity contribution in [1.29, 1.82) is 0 Å². The average Bonchev–Trinajstić information content (AvgIpc) is 2.65. The van der Waals surface area contributed by atoms with Crippen molar-refractivity contribution in [2.24, 2.45) is 0 Å². The van der Waals surface area contributed by atoms with Crippen LogP contribution in [0.4, 0.5) is 20.2 Å². The zero-order valence-electron chi connectivity index (χ0n) is 14.4. The first-order valence-electron chi connectivity index (χ1n) is 7.93. The van der Waals surface area contributed by atoms with E-state index < -0.39 is 36.6 Å². The Balaban J connectivity index is 1.77. The number of nitrogens with one attached hydrogen (secondary N) is 2. The van der Waals surface area contributed by atoms with Crippen LogP contribution in [0.1, 0.15) is 0 Å². The molecule has 0 saturated heterocycles. The molecule has 0 aliphatic rings. The van der Waals surface area contributed by atoms with Crippen molar-refractivity contribution in [2.75, 3.05) is 9.44 Å². The van der Waals surface area contributed by atoms with Gasteiger partial charge in [0.1, 0.15) is 0 Å². The summed E-state index contributed by atoms with van der Waals surface area (Å²) in [6.45, 7) is 0. The van der Waals surface area contributed by atoms with Crippen LogP contribution in [0.25, 0.3) is 0 Å². The minimum absolute atomic E-state index is 0.0342. The van der Waals surface area contributed by atoms with Gasteiger partial charge in [-0.05, 0) is 60.7 Å². The van der Waals surface area contributed by atoms with Gasteiger partial charge in [-0.1, -0.05) is 17.7 Å². The second-order valence-electron chi connectivity index (χ2n) is 5.82. The van der Waals surface area contributed by atoms with Crippen molar-refractivity contribution in [3.8, 4) is 0 Å². The molecule has 3 aromatic carbocycles. The predicted molar refractivity (Wildman–Crippen MR) is 106 cm³/mol. The highest BCUT2D eigenvalue weighted by Crippen LogP contribution is 2.22. The molecule has 0 aliphatic heterocycles. The molecule has 11 heteroatoms. The van der Waals surface area contributed by atoms with Gasteiger partial charge >= 0.3 is 0 Å². The highest BCUT2D eigenvalue weighted by Gasteiger charge is 2.18. The van der Waals surface area contributed by atoms with Gasteiger partial charge in [-0.15, -0.1) is 0 Å². The number of rotatable bonds is 6. The number of anilines is 2. The average molecular weight is 459 g/mol. The lowest BCUT2D eigenvalue weighted by atomic mass is 10.3. The summed E-state index contributed by atoms with van der Waals surface area (Å²) in [5, 5.41) is 0.259. The fourth-order valence-electron chi connectivity index (χ4n) is 2.31. The third kappa shape index (κ3) is 5.03. The SMILES string of the molecule is O=S(=O)(Nc1ccc(NS(=O)(=O)c2ccc(F)c(F)c2)cc1)c1cccc(Cl)c1. The molecule has 3 aromatic rings. The highest BCUT2D eigenvalue weighted by atomic mass is 35.5. The summed E-state index contributed by atoms with van der Waals surface area (Å²) in [6.07, 6.45) is 0. The van der Waals surface area contributed by atoms with Crippen LogP contribution < -0.4 is 9.44 Å². The number of sulfonamides is 2. The Morgan fingerprint density at radius 1 is 0.655 bits per heavy atom. The topological polar surface area (TPSA) is 92.3 Å². The third-order valence-electron chi connectivity index (χ3n) is 3.70. The molecular formula is C18H13ClF2N2O4S2. The van der Waals surface area contributed by atoms with E-state index in [2.05, 4.69) is 9.44 Å². The van der Waals surface area contributed by atoms with Crippen LogP contribution in [0, 0.1) is 11.6 Å². The van der Waals surface area contributed by atoms with E-state index in [1.165, 1.54) is 48.5 Å². The van der Waals surface area contributed by atoms with E-state index in [1.807, 2.05) is 0 Å². The molecule has 3 rings (SSSR count). The first kappa shape index (κ1) is 21.0. The van der Waals surface area contributed by atoms with Gasteiger partial charge in [0.15, 0.2) is 11.6 Å². The van der Waals surface area contributed by atoms with E-state index in [0.29, 0.717) is 12.1 Å². The van der Waals surface area contributed by atoms with Gasteiger partial charge in [-0.25, -0.2) is 25.6 Å². The molecule has 0 saturated carbocycles. The smallest absolute Gasteiger partial charge is 0.261 e. The van der Waals surface area contributed by atoms with Crippen molar-refractivity contribution in [1.82, 2.24) is 0 Å². The summed E-state index contributed by atoms with van der Waals surface area (Å²) in [5.74, 6) is -2.46. The second-order valence-corrected chi connectivity index (χ2v) is 9.62. The highest BCUT2D eigenvalue weighted by molar-refractivity contribution is 7.93. The molecule has 0 spiro atoms. The van der Waals surface area contributed by atoms with Crippen LogP contribution in [0.15, 0.2) is 76.5 Å². The van der Waals surface area contributed by atoms with Gasteiger partial charge in [0, 0.05) is 16.4 Å². The lowest BCUT2D eigenvalue weighted by Gasteiger charge is -2.11. The number of hydrogen-bond acceptors (Lipinski definition) is 4. The Hall–Kier alpha value is -2.69. The third-order valence-corrected chi connectivity index (χ3v) is 6.69. The summed E-state index contributed by atoms with van der Waals surface area (Å²) in [6, 6.07) is 13.2. The minimum atomic E-state index is -4.16. The van der Waals surface area contributed by atoms with Crippen LogP contribution in [0.2, 0.25) is 5.02 Å². The minimum Gasteiger partial charge on any atom is -0.280 e. The maximum absolute atomic E-state index is 13.3. The number of hydrogen-bond donors (Lipinski definition) is 2. The Morgan fingerprint density at radius 3 is 1.66 bits per heavy atom. The second kappa shape index (κ2) is 7.97. The van der Waals surface area contributed by atoms with Gasteiger partial charge in [-0.2, -0.15) is 0 Å². The Kier molecular flexibility index (Phi) is 5.78. The first-order valence-corrected chi connectivity index (χ1v) is 11.3. The quantitative estimate of drug-likeness (QED) is 0.578. The summed E-state index contributed by atoms with van der Waals surface area (Å²) in [4.78, 5) is -0.491. The van der Waals surface area contributed by atoms with Crippen LogP contribution in [0.3, 0.4) is 0 Å². The molecule has 0 aromatic heterocycles. The van der Waals surface area contributed by atoms with Crippen LogP contribution >= 0.6 is 11.6 Å². The summed E-state index contributed by atoms with van der Waals surface area (Å²) < 4.78 is 80.1. The molecule has 0 fully saturated rings. The molecule has 0 radical (unpaired) electrons. The maximum Gasteiger partial charge on any atom is 0.261 e. The standard InChI is InChI=1S/C18H13ClF2N2O4S2/c19-12-2-1-3-15(10-12)28(24,25)22-13-4-6-14(7-5-13)23-29(26,27)16-8-9-17(20)18(21)11-16/h1-11,22-23H. The molecule has 6 nitrogen and oxygen atoms in total. The molecule has 2 N–H and O–H groups in total. The molecule has 152 valence electrons. The first-order chi connectivity index (χ1) is 13.6. The molecule has 0 heterocycles. The molecule has 0 bridgehead atoms. The van der Waals surface area contributed by atoms with Crippen molar-refractivity contribution in [3.63, 3.8) is 0 Å². The van der Waals surface area contributed by atoms with Gasteiger partial charge in [0.05, 0.1) is 9.79 Å². The summed E-state index contributed by atoms with van der Waals surface area (Å²) in [7, 11) is -8.04. The molecule has 29 heavy (non-hydrogen) atoms. The van der Waals surface area contributed by atoms with E-state index in [4.69, 9.17) is 11.6 Å². The van der Waals surface area contributed by atoms with Crippen molar-refractivity contribution < 1.29 is 25.6 Å². The van der Waals surface area contributed by atoms with Gasteiger partial charge in [0.25, 0.3) is 20.0 Å². The van der Waals surface area contributed by atoms with Crippen LogP contribution in [-0.2, 0) is 20.0 Å². The fourth-order valence-corrected chi connectivity index (χ4v) is 4.74. The molecular weight excluding hydrogens is 446 g/mol. The largest absolute Gasteiger partial charge is 0.280 e. The van der Waals surface area contributed by atoms with E-state index in [1.54, 1.807) is 0 Å². The lowest BCUT2D eigenvalue weighted by molar-refractivity contribution is 0.504. The molecule has 0 amide bonds. The maximum atomic E-state index is 13.3. The number of benzene rings is 3. The van der Waals surface area contributed by atoms with E-state index in [-0.39, 0.29) is 21.3 Å². The summed E-state index contributed by atoms with van der Waals surface area (Å²) in [5.41, 5.74) is 0.279. The monoisotopic (exact) mass is 458 g/mol. The zero-order valence-corrected chi connectivity index (χ0v) is 16.8. The summed E-state index contributed by atoms with van der Waals surface area (Å²) >= 11 is 5.80. The van der Waals surface area contributed by atoms with Crippen molar-refractivity contribution in [2.45, 2.75) is 9.79 Å². The van der Waals surface area contributed by atoms with E-state index in [0.717, 1.165) is 6.07 Å². The molecule has 0 aliphatic carbocycles. The van der Waals surface area contributed by atoms with E-state index in [9.17, 15) is 25.6 Å². The fraction of sp³-hybridized carbons (Fsp3) is 0. The number of halogens is 3. The lowest BCUT2D eigenvalue weighted by Crippen LogP contribution is -2.14. The van der Waals surface area contributed by atoms with Crippen molar-refractivity contribution in [3.05, 3.63) is 83.4 Å². The predicted octanol–water partition coefficient (Wildman–Crippen LogP) is 4.22. The molecule has 0 atom stereocenters. The van der Waals surface area contributed by atoms with Crippen LogP contribution in [-0.4, -0.2) is 16.8 Å². The van der Waals surface area contributed by atoms with Crippen molar-refractivity contribution >= 4 is 43.0 Å².